The molecule has 0 saturated heterocycles. The smallest absolute Gasteiger partial charge is 0.0470 e. The minimum Gasteiger partial charge on any atom is -0.396 e. The fourth-order valence-corrected chi connectivity index (χ4v) is 3.24. The van der Waals surface area contributed by atoms with Gasteiger partial charge in [0.1, 0.15) is 0 Å². The predicted molar refractivity (Wildman–Crippen MR) is 87.8 cm³/mol. The normalized spacial score (nSPS) is 22.6. The lowest BCUT2D eigenvalue weighted by atomic mass is 9.95. The van der Waals surface area contributed by atoms with Gasteiger partial charge in [-0.15, -0.1) is 0 Å². The Labute approximate surface area is 127 Å². The maximum Gasteiger partial charge on any atom is 0.0470 e. The highest BCUT2D eigenvalue weighted by atomic mass is 16.3. The van der Waals surface area contributed by atoms with E-state index in [0.717, 1.165) is 0 Å². The van der Waals surface area contributed by atoms with Crippen LogP contribution in [0.1, 0.15) is 25.0 Å². The van der Waals surface area contributed by atoms with Crippen molar-refractivity contribution in [3.8, 4) is 0 Å². The fraction of sp³-hybridized carbons (Fsp3) is 0.300. The molecule has 1 aliphatic carbocycles. The topological polar surface area (TPSA) is 20.2 Å². The molecule has 0 amide bonds. The van der Waals surface area contributed by atoms with Crippen LogP contribution in [0.25, 0.3) is 5.57 Å². The molecule has 1 saturated carbocycles. The average Bonchev–Trinajstić information content (AvgIpc) is 3.06. The number of hydrogen-bond donors (Lipinski definition) is 1. The van der Waals surface area contributed by atoms with Crippen LogP contribution >= 0.6 is 0 Å². The molecule has 0 heterocycles. The van der Waals surface area contributed by atoms with Gasteiger partial charge in [-0.2, -0.15) is 0 Å². The van der Waals surface area contributed by atoms with Crippen molar-refractivity contribution in [2.45, 2.75) is 13.8 Å². The third kappa shape index (κ3) is 2.66. The lowest BCUT2D eigenvalue weighted by molar-refractivity contribution is 0.256. The number of aliphatic hydroxyl groups excluding tert-OH is 1. The van der Waals surface area contributed by atoms with Crippen molar-refractivity contribution in [1.29, 1.82) is 0 Å². The van der Waals surface area contributed by atoms with Crippen LogP contribution in [0.15, 0.2) is 66.7 Å². The first-order chi connectivity index (χ1) is 10.1. The summed E-state index contributed by atoms with van der Waals surface area (Å²) >= 11 is 0. The van der Waals surface area contributed by atoms with E-state index >= 15 is 0 Å². The van der Waals surface area contributed by atoms with Crippen LogP contribution < -0.4 is 0 Å². The van der Waals surface area contributed by atoms with Crippen LogP contribution in [0.3, 0.4) is 0 Å². The quantitative estimate of drug-likeness (QED) is 0.879. The maximum absolute atomic E-state index is 9.54. The summed E-state index contributed by atoms with van der Waals surface area (Å²) in [4.78, 5) is 0. The van der Waals surface area contributed by atoms with E-state index in [0.29, 0.717) is 11.8 Å². The minimum atomic E-state index is 0.198. The van der Waals surface area contributed by atoms with E-state index < -0.39 is 0 Å². The zero-order valence-electron chi connectivity index (χ0n) is 12.7. The van der Waals surface area contributed by atoms with Crippen LogP contribution in [0, 0.1) is 17.3 Å². The zero-order chi connectivity index (χ0) is 14.9. The van der Waals surface area contributed by atoms with Crippen molar-refractivity contribution in [2.24, 2.45) is 17.3 Å². The van der Waals surface area contributed by atoms with Gasteiger partial charge in [-0.05, 0) is 34.0 Å². The Morgan fingerprint density at radius 1 is 0.952 bits per heavy atom. The third-order valence-electron chi connectivity index (χ3n) is 4.85. The van der Waals surface area contributed by atoms with Crippen molar-refractivity contribution < 1.29 is 5.11 Å². The molecule has 0 aliphatic heterocycles. The number of aliphatic hydroxyl groups is 1. The van der Waals surface area contributed by atoms with Gasteiger partial charge >= 0.3 is 0 Å². The molecule has 108 valence electrons. The summed E-state index contributed by atoms with van der Waals surface area (Å²) in [5.41, 5.74) is 3.94. The molecule has 2 aromatic carbocycles. The van der Waals surface area contributed by atoms with Gasteiger partial charge in [0.25, 0.3) is 0 Å². The zero-order valence-corrected chi connectivity index (χ0v) is 12.7. The molecule has 0 radical (unpaired) electrons. The Hall–Kier alpha value is -1.86. The van der Waals surface area contributed by atoms with E-state index in [1.807, 2.05) is 12.1 Å². The molecular weight excluding hydrogens is 256 g/mol. The number of benzene rings is 2. The molecule has 0 spiro atoms. The summed E-state index contributed by atoms with van der Waals surface area (Å²) < 4.78 is 0. The third-order valence-corrected chi connectivity index (χ3v) is 4.85. The standard InChI is InChI=1S/C20H22O/c1-20(2)18(19(20)14-21)13-17(15-9-5-3-6-10-15)16-11-7-4-8-12-16/h3-13,18-19,21H,14H2,1-2H3. The molecule has 2 aromatic rings. The largest absolute Gasteiger partial charge is 0.396 e. The Bertz CT molecular complexity index is 584. The van der Waals surface area contributed by atoms with Gasteiger partial charge in [-0.25, -0.2) is 0 Å². The predicted octanol–water partition coefficient (Wildman–Crippen LogP) is 4.38. The van der Waals surface area contributed by atoms with E-state index in [1.54, 1.807) is 0 Å². The molecule has 0 bridgehead atoms. The molecule has 1 fully saturated rings. The molecule has 21 heavy (non-hydrogen) atoms. The number of rotatable bonds is 4. The highest BCUT2D eigenvalue weighted by Crippen LogP contribution is 2.59. The van der Waals surface area contributed by atoms with Gasteiger partial charge in [-0.1, -0.05) is 80.6 Å². The fourth-order valence-electron chi connectivity index (χ4n) is 3.24. The van der Waals surface area contributed by atoms with Crippen molar-refractivity contribution in [2.75, 3.05) is 6.61 Å². The van der Waals surface area contributed by atoms with E-state index in [1.165, 1.54) is 16.7 Å². The van der Waals surface area contributed by atoms with Crippen molar-refractivity contribution in [3.05, 3.63) is 77.9 Å². The molecular formula is C20H22O. The molecule has 2 atom stereocenters. The summed E-state index contributed by atoms with van der Waals surface area (Å²) in [5.74, 6) is 0.817. The average molecular weight is 278 g/mol. The van der Waals surface area contributed by atoms with Gasteiger partial charge in [0, 0.05) is 6.61 Å². The van der Waals surface area contributed by atoms with Crippen LogP contribution in [-0.4, -0.2) is 11.7 Å². The van der Waals surface area contributed by atoms with Gasteiger partial charge in [-0.3, -0.25) is 0 Å². The Kier molecular flexibility index (Phi) is 3.69. The SMILES string of the molecule is CC1(C)C(C=C(c2ccccc2)c2ccccc2)C1CO. The summed E-state index contributed by atoms with van der Waals surface area (Å²) in [6.07, 6.45) is 2.35. The van der Waals surface area contributed by atoms with Gasteiger partial charge in [0.05, 0.1) is 0 Å². The van der Waals surface area contributed by atoms with Crippen molar-refractivity contribution in [1.82, 2.24) is 0 Å². The van der Waals surface area contributed by atoms with Gasteiger partial charge < -0.3 is 5.11 Å². The minimum absolute atomic E-state index is 0.198. The Morgan fingerprint density at radius 3 is 1.81 bits per heavy atom. The summed E-state index contributed by atoms with van der Waals surface area (Å²) in [7, 11) is 0. The van der Waals surface area contributed by atoms with Gasteiger partial charge in [0.2, 0.25) is 0 Å². The summed E-state index contributed by atoms with van der Waals surface area (Å²) in [6, 6.07) is 21.0. The van der Waals surface area contributed by atoms with Crippen LogP contribution in [-0.2, 0) is 0 Å². The highest BCUT2D eigenvalue weighted by Gasteiger charge is 2.55. The van der Waals surface area contributed by atoms with E-state index in [9.17, 15) is 5.11 Å². The number of hydrogen-bond acceptors (Lipinski definition) is 1. The van der Waals surface area contributed by atoms with Crippen LogP contribution in [0.5, 0.6) is 0 Å². The molecule has 1 N–H and O–H groups in total. The lowest BCUT2D eigenvalue weighted by Crippen LogP contribution is -1.93. The molecule has 2 unspecified atom stereocenters. The molecule has 1 heteroatoms. The second-order valence-electron chi connectivity index (χ2n) is 6.45. The first kappa shape index (κ1) is 14.1. The highest BCUT2D eigenvalue weighted by molar-refractivity contribution is 5.80. The molecule has 1 aliphatic rings. The summed E-state index contributed by atoms with van der Waals surface area (Å²) in [5, 5.41) is 9.54. The monoisotopic (exact) mass is 278 g/mol. The van der Waals surface area contributed by atoms with E-state index in [2.05, 4.69) is 68.5 Å². The van der Waals surface area contributed by atoms with E-state index in [-0.39, 0.29) is 12.0 Å². The lowest BCUT2D eigenvalue weighted by Gasteiger charge is -2.09. The van der Waals surface area contributed by atoms with Crippen LogP contribution in [0.2, 0.25) is 0 Å². The molecule has 3 rings (SSSR count). The maximum atomic E-state index is 9.54. The van der Waals surface area contributed by atoms with Gasteiger partial charge in [0.15, 0.2) is 0 Å². The van der Waals surface area contributed by atoms with Crippen molar-refractivity contribution >= 4 is 5.57 Å². The summed E-state index contributed by atoms with van der Waals surface area (Å²) in [6.45, 7) is 4.75. The van der Waals surface area contributed by atoms with Crippen molar-refractivity contribution in [3.63, 3.8) is 0 Å². The Morgan fingerprint density at radius 2 is 1.43 bits per heavy atom. The van der Waals surface area contributed by atoms with Crippen LogP contribution in [0.4, 0.5) is 0 Å². The molecule has 0 aromatic heterocycles. The van der Waals surface area contributed by atoms with E-state index in [4.69, 9.17) is 0 Å². The molecule has 1 nitrogen and oxygen atoms in total. The second-order valence-corrected chi connectivity index (χ2v) is 6.45. The first-order valence-electron chi connectivity index (χ1n) is 7.58. The second kappa shape index (κ2) is 5.50. The number of allylic oxidation sites excluding steroid dienone is 1. The Balaban J connectivity index is 2.02. The first-order valence-corrected chi connectivity index (χ1v) is 7.58.